The summed E-state index contributed by atoms with van der Waals surface area (Å²) in [4.78, 5) is 26.8. The van der Waals surface area contributed by atoms with Crippen LogP contribution in [0.5, 0.6) is 0 Å². The highest BCUT2D eigenvalue weighted by molar-refractivity contribution is 8.00. The van der Waals surface area contributed by atoms with Crippen LogP contribution < -0.4 is 0 Å². The van der Waals surface area contributed by atoms with Crippen LogP contribution in [0.25, 0.3) is 0 Å². The van der Waals surface area contributed by atoms with Gasteiger partial charge in [0.15, 0.2) is 0 Å². The number of amides is 1. The molecule has 1 amide bonds. The maximum Gasteiger partial charge on any atom is 0.308 e. The quantitative estimate of drug-likeness (QED) is 0.904. The van der Waals surface area contributed by atoms with Gasteiger partial charge in [-0.2, -0.15) is 0 Å². The lowest BCUT2D eigenvalue weighted by atomic mass is 9.89. The zero-order valence-electron chi connectivity index (χ0n) is 14.4. The zero-order chi connectivity index (χ0) is 18.1. The van der Waals surface area contributed by atoms with Gasteiger partial charge >= 0.3 is 5.97 Å². The molecule has 2 aliphatic heterocycles. The Morgan fingerprint density at radius 2 is 1.73 bits per heavy atom. The molecule has 26 heavy (non-hydrogen) atoms. The van der Waals surface area contributed by atoms with E-state index in [4.69, 9.17) is 0 Å². The van der Waals surface area contributed by atoms with Gasteiger partial charge in [0.1, 0.15) is 5.25 Å². The number of hydrogen-bond acceptors (Lipinski definition) is 3. The minimum Gasteiger partial charge on any atom is -0.481 e. The molecule has 4 nitrogen and oxygen atoms in total. The number of benzene rings is 2. The van der Waals surface area contributed by atoms with Gasteiger partial charge in [0.2, 0.25) is 5.91 Å². The number of likely N-dealkylation sites (tertiary alicyclic amines) is 1. The van der Waals surface area contributed by atoms with E-state index >= 15 is 0 Å². The van der Waals surface area contributed by atoms with E-state index in [0.717, 1.165) is 23.3 Å². The second-order valence-electron chi connectivity index (χ2n) is 6.90. The van der Waals surface area contributed by atoms with Crippen LogP contribution in [0.15, 0.2) is 54.6 Å². The van der Waals surface area contributed by atoms with Gasteiger partial charge in [0.05, 0.1) is 5.92 Å². The Hall–Kier alpha value is -2.27. The van der Waals surface area contributed by atoms with E-state index in [9.17, 15) is 14.7 Å². The van der Waals surface area contributed by atoms with Crippen molar-refractivity contribution >= 4 is 23.6 Å². The maximum absolute atomic E-state index is 13.2. The Morgan fingerprint density at radius 1 is 1.00 bits per heavy atom. The Bertz CT molecular complexity index is 823. The molecule has 5 heteroatoms. The molecule has 2 aromatic rings. The number of carbonyl (C=O) groups is 2. The molecule has 3 atom stereocenters. The summed E-state index contributed by atoms with van der Waals surface area (Å²) in [6.07, 6.45) is 0.981. The van der Waals surface area contributed by atoms with Crippen molar-refractivity contribution in [1.29, 1.82) is 0 Å². The van der Waals surface area contributed by atoms with Crippen LogP contribution in [0.1, 0.15) is 27.9 Å². The fraction of sp³-hybridized carbons (Fsp3) is 0.333. The minimum absolute atomic E-state index is 0.0480. The number of carboxylic acid groups (broad SMARTS) is 1. The second-order valence-corrected chi connectivity index (χ2v) is 8.12. The third kappa shape index (κ3) is 3.12. The number of fused-ring (bicyclic) bond motifs is 1. The van der Waals surface area contributed by atoms with Crippen LogP contribution in [-0.2, 0) is 16.0 Å². The normalized spacial score (nSPS) is 24.9. The molecule has 0 spiro atoms. The van der Waals surface area contributed by atoms with Crippen LogP contribution in [-0.4, -0.2) is 40.7 Å². The summed E-state index contributed by atoms with van der Waals surface area (Å²) in [5.41, 5.74) is 3.31. The van der Waals surface area contributed by atoms with E-state index in [1.54, 1.807) is 16.7 Å². The Kier molecular flexibility index (Phi) is 4.72. The third-order valence-electron chi connectivity index (χ3n) is 5.39. The van der Waals surface area contributed by atoms with Crippen molar-refractivity contribution in [3.05, 3.63) is 71.3 Å². The summed E-state index contributed by atoms with van der Waals surface area (Å²) in [6.45, 7) is 0.756. The van der Waals surface area contributed by atoms with Crippen molar-refractivity contribution in [3.63, 3.8) is 0 Å². The first kappa shape index (κ1) is 17.2. The number of rotatable bonds is 3. The first-order chi connectivity index (χ1) is 12.6. The van der Waals surface area contributed by atoms with E-state index < -0.39 is 11.9 Å². The van der Waals surface area contributed by atoms with Gasteiger partial charge in [-0.05, 0) is 28.9 Å². The molecule has 0 aliphatic carbocycles. The van der Waals surface area contributed by atoms with Gasteiger partial charge in [-0.1, -0.05) is 54.6 Å². The van der Waals surface area contributed by atoms with Gasteiger partial charge in [0, 0.05) is 19.0 Å². The molecule has 0 radical (unpaired) electrons. The van der Waals surface area contributed by atoms with Crippen molar-refractivity contribution < 1.29 is 14.7 Å². The standard InChI is InChI=1S/C21H21NO3S/c23-20(19-16-9-5-4-8-15(16)10-11-26-19)22-12-17(18(13-22)21(24)25)14-6-2-1-3-7-14/h1-9,17-19H,10-13H2,(H,24,25). The lowest BCUT2D eigenvalue weighted by Crippen LogP contribution is -2.34. The molecule has 0 aromatic heterocycles. The molecule has 1 saturated heterocycles. The molecule has 2 aliphatic rings. The highest BCUT2D eigenvalue weighted by Gasteiger charge is 2.42. The second kappa shape index (κ2) is 7.16. The fourth-order valence-corrected chi connectivity index (χ4v) is 5.31. The average molecular weight is 367 g/mol. The molecular weight excluding hydrogens is 346 g/mol. The SMILES string of the molecule is O=C(O)C1CN(C(=O)C2SCCc3ccccc32)CC1c1ccccc1. The van der Waals surface area contributed by atoms with Gasteiger partial charge in [-0.25, -0.2) is 0 Å². The third-order valence-corrected chi connectivity index (χ3v) is 6.62. The van der Waals surface area contributed by atoms with Crippen LogP contribution in [0.2, 0.25) is 0 Å². The number of carboxylic acids is 1. The fourth-order valence-electron chi connectivity index (χ4n) is 4.04. The van der Waals surface area contributed by atoms with E-state index in [2.05, 4.69) is 6.07 Å². The Morgan fingerprint density at radius 3 is 2.50 bits per heavy atom. The molecule has 2 aromatic carbocycles. The first-order valence-corrected chi connectivity index (χ1v) is 9.96. The van der Waals surface area contributed by atoms with Crippen LogP contribution in [0.3, 0.4) is 0 Å². The summed E-state index contributed by atoms with van der Waals surface area (Å²) in [6, 6.07) is 17.8. The predicted molar refractivity (Wildman–Crippen MR) is 102 cm³/mol. The molecule has 1 fully saturated rings. The molecule has 3 unspecified atom stereocenters. The molecule has 134 valence electrons. The Labute approximate surface area is 157 Å². The highest BCUT2D eigenvalue weighted by atomic mass is 32.2. The number of aliphatic carboxylic acids is 1. The van der Waals surface area contributed by atoms with Crippen molar-refractivity contribution in [2.75, 3.05) is 18.8 Å². The molecule has 0 saturated carbocycles. The molecule has 4 rings (SSSR count). The minimum atomic E-state index is -0.828. The number of nitrogens with zero attached hydrogens (tertiary/aromatic N) is 1. The van der Waals surface area contributed by atoms with E-state index in [-0.39, 0.29) is 23.6 Å². The van der Waals surface area contributed by atoms with E-state index in [1.165, 1.54) is 5.56 Å². The van der Waals surface area contributed by atoms with Crippen molar-refractivity contribution in [1.82, 2.24) is 4.90 Å². The monoisotopic (exact) mass is 367 g/mol. The smallest absolute Gasteiger partial charge is 0.308 e. The zero-order valence-corrected chi connectivity index (χ0v) is 15.2. The summed E-state index contributed by atoms with van der Waals surface area (Å²) < 4.78 is 0. The van der Waals surface area contributed by atoms with E-state index in [1.807, 2.05) is 48.5 Å². The summed E-state index contributed by atoms with van der Waals surface area (Å²) >= 11 is 1.67. The topological polar surface area (TPSA) is 57.6 Å². The molecule has 1 N–H and O–H groups in total. The van der Waals surface area contributed by atoms with Crippen molar-refractivity contribution in [2.24, 2.45) is 5.92 Å². The van der Waals surface area contributed by atoms with Crippen LogP contribution >= 0.6 is 11.8 Å². The summed E-state index contributed by atoms with van der Waals surface area (Å²) in [5, 5.41) is 9.45. The average Bonchev–Trinajstić information content (AvgIpc) is 3.13. The maximum atomic E-state index is 13.2. The molecule has 2 heterocycles. The molecule has 0 bridgehead atoms. The summed E-state index contributed by atoms with van der Waals surface area (Å²) in [7, 11) is 0. The number of thioether (sulfide) groups is 1. The highest BCUT2D eigenvalue weighted by Crippen LogP contribution is 2.41. The lowest BCUT2D eigenvalue weighted by molar-refractivity contribution is -0.141. The van der Waals surface area contributed by atoms with E-state index in [0.29, 0.717) is 6.54 Å². The van der Waals surface area contributed by atoms with Gasteiger partial charge in [-0.3, -0.25) is 9.59 Å². The van der Waals surface area contributed by atoms with Crippen LogP contribution in [0.4, 0.5) is 0 Å². The van der Waals surface area contributed by atoms with Crippen molar-refractivity contribution in [3.8, 4) is 0 Å². The van der Waals surface area contributed by atoms with Gasteiger partial charge in [-0.15, -0.1) is 11.8 Å². The lowest BCUT2D eigenvalue weighted by Gasteiger charge is -2.28. The number of aryl methyl sites for hydroxylation is 1. The largest absolute Gasteiger partial charge is 0.481 e. The predicted octanol–water partition coefficient (Wildman–Crippen LogP) is 3.34. The first-order valence-electron chi connectivity index (χ1n) is 8.91. The molecular formula is C21H21NO3S. The van der Waals surface area contributed by atoms with Crippen LogP contribution in [0, 0.1) is 5.92 Å². The van der Waals surface area contributed by atoms with Gasteiger partial charge < -0.3 is 10.0 Å². The van der Waals surface area contributed by atoms with Gasteiger partial charge in [0.25, 0.3) is 0 Å². The Balaban J connectivity index is 1.59. The number of hydrogen-bond donors (Lipinski definition) is 1. The van der Waals surface area contributed by atoms with Crippen molar-refractivity contribution in [2.45, 2.75) is 17.6 Å². The number of carbonyl (C=O) groups excluding carboxylic acids is 1. The summed E-state index contributed by atoms with van der Waals surface area (Å²) in [5.74, 6) is -0.560.